The normalized spacial score (nSPS) is 19.6. The zero-order valence-electron chi connectivity index (χ0n) is 13.1. The molecule has 1 heterocycles. The number of ether oxygens (including phenoxy) is 1. The van der Waals surface area contributed by atoms with Gasteiger partial charge in [-0.3, -0.25) is 4.99 Å². The monoisotopic (exact) mass is 415 g/mol. The van der Waals surface area contributed by atoms with Crippen molar-refractivity contribution < 1.29 is 4.74 Å². The molecule has 0 saturated carbocycles. The summed E-state index contributed by atoms with van der Waals surface area (Å²) in [4.78, 5) is 6.80. The van der Waals surface area contributed by atoms with E-state index in [1.54, 1.807) is 0 Å². The van der Waals surface area contributed by atoms with Crippen LogP contribution in [-0.2, 0) is 4.74 Å². The van der Waals surface area contributed by atoms with Gasteiger partial charge in [0.1, 0.15) is 0 Å². The first-order chi connectivity index (χ1) is 9.31. The summed E-state index contributed by atoms with van der Waals surface area (Å²) < 4.78 is 5.34. The Bertz CT molecular complexity index is 267. The van der Waals surface area contributed by atoms with Crippen LogP contribution in [0.3, 0.4) is 0 Å². The van der Waals surface area contributed by atoms with Gasteiger partial charge in [-0.15, -0.1) is 24.0 Å². The molecule has 0 spiro atoms. The minimum absolute atomic E-state index is 0. The second-order valence-electron chi connectivity index (χ2n) is 4.73. The fourth-order valence-electron chi connectivity index (χ4n) is 2.16. The van der Waals surface area contributed by atoms with Crippen LogP contribution in [0.25, 0.3) is 0 Å². The molecular formula is C14H30IN3OS. The van der Waals surface area contributed by atoms with Crippen LogP contribution in [0.1, 0.15) is 33.1 Å². The van der Waals surface area contributed by atoms with Crippen LogP contribution in [0, 0.1) is 0 Å². The van der Waals surface area contributed by atoms with Gasteiger partial charge in [0.25, 0.3) is 0 Å². The lowest BCUT2D eigenvalue weighted by Gasteiger charge is -2.34. The van der Waals surface area contributed by atoms with E-state index in [0.29, 0.717) is 0 Å². The van der Waals surface area contributed by atoms with Crippen molar-refractivity contribution in [1.82, 2.24) is 10.2 Å². The highest BCUT2D eigenvalue weighted by Crippen LogP contribution is 2.20. The third-order valence-corrected chi connectivity index (χ3v) is 4.68. The Hall–Kier alpha value is 0.310. The molecule has 0 radical (unpaired) electrons. The third kappa shape index (κ3) is 7.93. The quantitative estimate of drug-likeness (QED) is 0.300. The maximum Gasteiger partial charge on any atom is 0.193 e. The van der Waals surface area contributed by atoms with Gasteiger partial charge in [0.05, 0.1) is 0 Å². The molecule has 0 aromatic heterocycles. The lowest BCUT2D eigenvalue weighted by molar-refractivity contribution is 0.143. The van der Waals surface area contributed by atoms with E-state index in [2.05, 4.69) is 33.9 Å². The van der Waals surface area contributed by atoms with Gasteiger partial charge in [-0.1, -0.05) is 6.92 Å². The predicted molar refractivity (Wildman–Crippen MR) is 101 cm³/mol. The average Bonchev–Trinajstić information content (AvgIpc) is 2.46. The Labute approximate surface area is 145 Å². The molecule has 0 amide bonds. The van der Waals surface area contributed by atoms with Crippen LogP contribution < -0.4 is 5.32 Å². The van der Waals surface area contributed by atoms with Crippen molar-refractivity contribution in [2.75, 3.05) is 45.6 Å². The van der Waals surface area contributed by atoms with Crippen molar-refractivity contribution in [2.24, 2.45) is 4.99 Å². The topological polar surface area (TPSA) is 36.9 Å². The molecule has 1 rings (SSSR count). The number of thioether (sulfide) groups is 1. The van der Waals surface area contributed by atoms with Crippen molar-refractivity contribution in [2.45, 2.75) is 38.4 Å². The zero-order chi connectivity index (χ0) is 13.9. The van der Waals surface area contributed by atoms with Crippen molar-refractivity contribution >= 4 is 41.7 Å². The Morgan fingerprint density at radius 2 is 2.20 bits per heavy atom. The number of nitrogens with one attached hydrogen (secondary N) is 1. The smallest absolute Gasteiger partial charge is 0.193 e. The van der Waals surface area contributed by atoms with Gasteiger partial charge in [-0.25, -0.2) is 0 Å². The first-order valence-corrected chi connectivity index (χ1v) is 8.51. The molecule has 1 unspecified atom stereocenters. The number of rotatable bonds is 7. The van der Waals surface area contributed by atoms with Gasteiger partial charge in [0.2, 0.25) is 0 Å². The van der Waals surface area contributed by atoms with E-state index >= 15 is 0 Å². The SMILES string of the molecule is CCOCCCCNC(=NC)N1CCSC(CC)C1.I. The van der Waals surface area contributed by atoms with Gasteiger partial charge >= 0.3 is 0 Å². The highest BCUT2D eigenvalue weighted by atomic mass is 127. The summed E-state index contributed by atoms with van der Waals surface area (Å²) in [6.07, 6.45) is 3.50. The predicted octanol–water partition coefficient (Wildman–Crippen LogP) is 2.82. The molecule has 1 fully saturated rings. The number of hydrogen-bond acceptors (Lipinski definition) is 3. The number of unbranched alkanes of at least 4 members (excludes halogenated alkanes) is 1. The minimum atomic E-state index is 0. The molecule has 0 aromatic carbocycles. The highest BCUT2D eigenvalue weighted by molar-refractivity contribution is 14.0. The van der Waals surface area contributed by atoms with Crippen molar-refractivity contribution in [3.8, 4) is 0 Å². The van der Waals surface area contributed by atoms with Gasteiger partial charge in [-0.2, -0.15) is 11.8 Å². The Balaban J connectivity index is 0.00000361. The van der Waals surface area contributed by atoms with E-state index in [-0.39, 0.29) is 24.0 Å². The maximum atomic E-state index is 5.34. The second kappa shape index (κ2) is 13.0. The van der Waals surface area contributed by atoms with E-state index in [4.69, 9.17) is 4.74 Å². The Morgan fingerprint density at radius 3 is 2.85 bits per heavy atom. The van der Waals surface area contributed by atoms with Crippen molar-refractivity contribution in [3.63, 3.8) is 0 Å². The molecule has 1 atom stereocenters. The van der Waals surface area contributed by atoms with Crippen LogP contribution in [0.2, 0.25) is 0 Å². The van der Waals surface area contributed by atoms with Crippen LogP contribution in [0.15, 0.2) is 4.99 Å². The largest absolute Gasteiger partial charge is 0.382 e. The molecule has 1 aliphatic rings. The summed E-state index contributed by atoms with van der Waals surface area (Å²) in [5.74, 6) is 2.28. The molecule has 0 bridgehead atoms. The summed E-state index contributed by atoms with van der Waals surface area (Å²) in [5, 5.41) is 4.23. The summed E-state index contributed by atoms with van der Waals surface area (Å²) in [6.45, 7) is 9.22. The molecule has 0 aliphatic carbocycles. The van der Waals surface area contributed by atoms with E-state index in [1.807, 2.05) is 14.0 Å². The van der Waals surface area contributed by atoms with Gasteiger partial charge < -0.3 is 15.0 Å². The van der Waals surface area contributed by atoms with Crippen LogP contribution in [0.4, 0.5) is 0 Å². The molecular weight excluding hydrogens is 385 g/mol. The lowest BCUT2D eigenvalue weighted by Crippen LogP contribution is -2.48. The molecule has 6 heteroatoms. The first-order valence-electron chi connectivity index (χ1n) is 7.46. The second-order valence-corrected chi connectivity index (χ2v) is 6.13. The number of guanidine groups is 1. The molecule has 4 nitrogen and oxygen atoms in total. The van der Waals surface area contributed by atoms with E-state index < -0.39 is 0 Å². The van der Waals surface area contributed by atoms with Crippen LogP contribution in [-0.4, -0.2) is 61.8 Å². The van der Waals surface area contributed by atoms with E-state index in [1.165, 1.54) is 12.2 Å². The molecule has 1 saturated heterocycles. The average molecular weight is 415 g/mol. The van der Waals surface area contributed by atoms with E-state index in [0.717, 1.165) is 56.9 Å². The van der Waals surface area contributed by atoms with Crippen LogP contribution in [0.5, 0.6) is 0 Å². The summed E-state index contributed by atoms with van der Waals surface area (Å²) >= 11 is 2.09. The van der Waals surface area contributed by atoms with E-state index in [9.17, 15) is 0 Å². The standard InChI is InChI=1S/C14H29N3OS.HI/c1-4-13-12-17(9-11-19-13)14(15-3)16-8-6-7-10-18-5-2;/h13H,4-12H2,1-3H3,(H,15,16);1H. The fraction of sp³-hybridized carbons (Fsp3) is 0.929. The van der Waals surface area contributed by atoms with Crippen molar-refractivity contribution in [1.29, 1.82) is 0 Å². The van der Waals surface area contributed by atoms with Gasteiger partial charge in [-0.05, 0) is 26.2 Å². The summed E-state index contributed by atoms with van der Waals surface area (Å²) in [7, 11) is 1.88. The Morgan fingerprint density at radius 1 is 1.40 bits per heavy atom. The fourth-order valence-corrected chi connectivity index (χ4v) is 3.34. The lowest BCUT2D eigenvalue weighted by atomic mass is 10.3. The van der Waals surface area contributed by atoms with Gasteiger partial charge in [0, 0.05) is 50.9 Å². The zero-order valence-corrected chi connectivity index (χ0v) is 16.2. The minimum Gasteiger partial charge on any atom is -0.382 e. The molecule has 0 aromatic rings. The molecule has 1 aliphatic heterocycles. The third-order valence-electron chi connectivity index (χ3n) is 3.31. The summed E-state index contributed by atoms with van der Waals surface area (Å²) in [5.41, 5.74) is 0. The highest BCUT2D eigenvalue weighted by Gasteiger charge is 2.20. The number of nitrogens with zero attached hydrogens (tertiary/aromatic N) is 2. The molecule has 120 valence electrons. The number of aliphatic imine (C=N–C) groups is 1. The van der Waals surface area contributed by atoms with Crippen molar-refractivity contribution in [3.05, 3.63) is 0 Å². The number of halogens is 1. The summed E-state index contributed by atoms with van der Waals surface area (Å²) in [6, 6.07) is 0. The van der Waals surface area contributed by atoms with Gasteiger partial charge in [0.15, 0.2) is 5.96 Å². The maximum absolute atomic E-state index is 5.34. The first kappa shape index (κ1) is 20.3. The van der Waals surface area contributed by atoms with Crippen LogP contribution >= 0.6 is 35.7 Å². The molecule has 1 N–H and O–H groups in total. The Kier molecular flexibility index (Phi) is 13.2. The number of hydrogen-bond donors (Lipinski definition) is 1. The molecule has 20 heavy (non-hydrogen) atoms.